The molecule has 11 heteroatoms. The van der Waals surface area contributed by atoms with Gasteiger partial charge in [-0.2, -0.15) is 0 Å². The van der Waals surface area contributed by atoms with E-state index in [1.807, 2.05) is 0 Å². The van der Waals surface area contributed by atoms with E-state index < -0.39 is 29.3 Å². The SMILES string of the molecule is Nc1nc(CC(=O)NC(C(=O)O)[C@@H]2NC3=C(COC3=O)CS2)cs1. The van der Waals surface area contributed by atoms with Gasteiger partial charge in [0, 0.05) is 16.7 Å². The summed E-state index contributed by atoms with van der Waals surface area (Å²) in [4.78, 5) is 39.2. The number of aromatic nitrogens is 1. The monoisotopic (exact) mass is 370 g/mol. The Morgan fingerprint density at radius 1 is 1.58 bits per heavy atom. The van der Waals surface area contributed by atoms with E-state index in [0.29, 0.717) is 22.3 Å². The van der Waals surface area contributed by atoms with E-state index in [1.54, 1.807) is 5.38 Å². The van der Waals surface area contributed by atoms with Crippen LogP contribution in [0.25, 0.3) is 0 Å². The summed E-state index contributed by atoms with van der Waals surface area (Å²) >= 11 is 2.51. The number of carboxylic acid groups (broad SMARTS) is 1. The number of thiazole rings is 1. The normalized spacial score (nSPS) is 20.8. The molecule has 1 unspecified atom stereocenters. The Morgan fingerprint density at radius 2 is 2.38 bits per heavy atom. The molecule has 0 spiro atoms. The van der Waals surface area contributed by atoms with Crippen LogP contribution >= 0.6 is 23.1 Å². The van der Waals surface area contributed by atoms with Crippen LogP contribution in [0.2, 0.25) is 0 Å². The van der Waals surface area contributed by atoms with Crippen LogP contribution in [0, 0.1) is 0 Å². The number of nitrogens with one attached hydrogen (secondary N) is 2. The molecule has 0 saturated carbocycles. The van der Waals surface area contributed by atoms with Crippen molar-refractivity contribution in [2.75, 3.05) is 18.1 Å². The highest BCUT2D eigenvalue weighted by atomic mass is 32.2. The van der Waals surface area contributed by atoms with Crippen molar-refractivity contribution in [3.8, 4) is 0 Å². The molecule has 1 aromatic heterocycles. The molecule has 3 rings (SSSR count). The van der Waals surface area contributed by atoms with Crippen molar-refractivity contribution in [2.24, 2.45) is 0 Å². The van der Waals surface area contributed by atoms with E-state index in [-0.39, 0.29) is 13.0 Å². The predicted octanol–water partition coefficient (Wildman–Crippen LogP) is -0.689. The third-order valence-corrected chi connectivity index (χ3v) is 5.44. The van der Waals surface area contributed by atoms with Crippen LogP contribution in [-0.2, 0) is 25.5 Å². The maximum atomic E-state index is 12.1. The summed E-state index contributed by atoms with van der Waals surface area (Å²) in [7, 11) is 0. The first-order chi connectivity index (χ1) is 11.4. The molecule has 9 nitrogen and oxygen atoms in total. The van der Waals surface area contributed by atoms with Gasteiger partial charge in [0.15, 0.2) is 11.2 Å². The number of hydrogen-bond acceptors (Lipinski definition) is 9. The molecule has 0 fully saturated rings. The third kappa shape index (κ3) is 3.46. The molecule has 0 bridgehead atoms. The minimum absolute atomic E-state index is 0.0646. The van der Waals surface area contributed by atoms with Crippen molar-refractivity contribution in [1.82, 2.24) is 15.6 Å². The van der Waals surface area contributed by atoms with Crippen LogP contribution in [0.1, 0.15) is 5.69 Å². The fraction of sp³-hybridized carbons (Fsp3) is 0.385. The average Bonchev–Trinajstić information content (AvgIpc) is 3.10. The molecule has 128 valence electrons. The molecule has 24 heavy (non-hydrogen) atoms. The van der Waals surface area contributed by atoms with Gasteiger partial charge in [-0.15, -0.1) is 23.1 Å². The van der Waals surface area contributed by atoms with Gasteiger partial charge in [0.2, 0.25) is 5.91 Å². The topological polar surface area (TPSA) is 144 Å². The first kappa shape index (κ1) is 16.6. The molecule has 2 aliphatic rings. The van der Waals surface area contributed by atoms with E-state index in [2.05, 4.69) is 15.6 Å². The van der Waals surface area contributed by atoms with Crippen LogP contribution in [0.5, 0.6) is 0 Å². The summed E-state index contributed by atoms with van der Waals surface area (Å²) in [5.41, 5.74) is 7.08. The smallest absolute Gasteiger partial charge is 0.354 e. The molecule has 0 aliphatic carbocycles. The van der Waals surface area contributed by atoms with Gasteiger partial charge < -0.3 is 26.2 Å². The van der Waals surface area contributed by atoms with E-state index in [4.69, 9.17) is 10.5 Å². The van der Waals surface area contributed by atoms with Crippen molar-refractivity contribution in [3.63, 3.8) is 0 Å². The molecule has 2 atom stereocenters. The first-order valence-electron chi connectivity index (χ1n) is 6.93. The summed E-state index contributed by atoms with van der Waals surface area (Å²) in [6.45, 7) is 0.218. The molecule has 1 amide bonds. The van der Waals surface area contributed by atoms with Crippen LogP contribution in [0.4, 0.5) is 5.13 Å². The fourth-order valence-electron chi connectivity index (χ4n) is 2.33. The van der Waals surface area contributed by atoms with E-state index in [0.717, 1.165) is 5.57 Å². The number of carbonyl (C=O) groups excluding carboxylic acids is 2. The number of hydrogen-bond donors (Lipinski definition) is 4. The van der Waals surface area contributed by atoms with Crippen LogP contribution < -0.4 is 16.4 Å². The molecule has 5 N–H and O–H groups in total. The molecular formula is C13H14N4O5S2. The molecule has 1 aromatic rings. The molecule has 0 saturated heterocycles. The van der Waals surface area contributed by atoms with E-state index in [1.165, 1.54) is 23.1 Å². The number of ether oxygens (including phenoxy) is 1. The molecule has 0 aromatic carbocycles. The average molecular weight is 370 g/mol. The van der Waals surface area contributed by atoms with Crippen LogP contribution in [0.3, 0.4) is 0 Å². The number of nitrogens with zero attached hydrogens (tertiary/aromatic N) is 1. The Hall–Kier alpha value is -2.27. The van der Waals surface area contributed by atoms with Gasteiger partial charge in [-0.25, -0.2) is 14.6 Å². The Labute approximate surface area is 144 Å². The lowest BCUT2D eigenvalue weighted by molar-refractivity contribution is -0.142. The highest BCUT2D eigenvalue weighted by Gasteiger charge is 2.38. The van der Waals surface area contributed by atoms with E-state index >= 15 is 0 Å². The van der Waals surface area contributed by atoms with Gasteiger partial charge >= 0.3 is 11.9 Å². The number of cyclic esters (lactones) is 1. The number of rotatable bonds is 5. The number of nitrogens with two attached hydrogens (primary N) is 1. The number of thioether (sulfide) groups is 1. The highest BCUT2D eigenvalue weighted by Crippen LogP contribution is 2.28. The molecular weight excluding hydrogens is 356 g/mol. The van der Waals surface area contributed by atoms with Gasteiger partial charge in [0.05, 0.1) is 12.1 Å². The van der Waals surface area contributed by atoms with Gasteiger partial charge in [0.25, 0.3) is 0 Å². The van der Waals surface area contributed by atoms with Gasteiger partial charge in [-0.3, -0.25) is 4.79 Å². The number of esters is 1. The zero-order valence-corrected chi connectivity index (χ0v) is 13.9. The van der Waals surface area contributed by atoms with Crippen molar-refractivity contribution >= 4 is 46.1 Å². The van der Waals surface area contributed by atoms with Gasteiger partial charge in [-0.1, -0.05) is 0 Å². The van der Waals surface area contributed by atoms with Crippen molar-refractivity contribution in [2.45, 2.75) is 17.8 Å². The second-order valence-corrected chi connectivity index (χ2v) is 7.19. The predicted molar refractivity (Wildman–Crippen MR) is 87.2 cm³/mol. The Kier molecular flexibility index (Phi) is 4.62. The van der Waals surface area contributed by atoms with Crippen molar-refractivity contribution in [1.29, 1.82) is 0 Å². The maximum Gasteiger partial charge on any atom is 0.354 e. The number of carboxylic acids is 1. The standard InChI is InChI=1S/C13H14N4O5S2/c14-13-15-6(4-24-13)1-7(18)16-9(11(19)20)10-17-8-5(3-23-10)2-22-12(8)21/h4,9-10,17H,1-3H2,(H2,14,15)(H,16,18)(H,19,20)/t9?,10-/m1/s1. The molecule has 0 radical (unpaired) electrons. The van der Waals surface area contributed by atoms with Crippen LogP contribution in [0.15, 0.2) is 16.7 Å². The summed E-state index contributed by atoms with van der Waals surface area (Å²) in [6.07, 6.45) is -0.0646. The lowest BCUT2D eigenvalue weighted by Crippen LogP contribution is -2.54. The third-order valence-electron chi connectivity index (χ3n) is 3.46. The largest absolute Gasteiger partial charge is 0.480 e. The summed E-state index contributed by atoms with van der Waals surface area (Å²) in [6, 6.07) is -1.19. The van der Waals surface area contributed by atoms with Crippen molar-refractivity contribution < 1.29 is 24.2 Å². The van der Waals surface area contributed by atoms with Gasteiger partial charge in [-0.05, 0) is 0 Å². The Balaban J connectivity index is 1.66. The second-order valence-electron chi connectivity index (χ2n) is 5.17. The fourth-order valence-corrected chi connectivity index (χ4v) is 4.08. The van der Waals surface area contributed by atoms with Gasteiger partial charge in [0.1, 0.15) is 17.7 Å². The van der Waals surface area contributed by atoms with Crippen LogP contribution in [-0.4, -0.2) is 51.7 Å². The quantitative estimate of drug-likeness (QED) is 0.495. The highest BCUT2D eigenvalue weighted by molar-refractivity contribution is 8.00. The molecule has 3 heterocycles. The maximum absolute atomic E-state index is 12.1. The number of aliphatic carboxylic acids is 1. The second kappa shape index (κ2) is 6.69. The Bertz CT molecular complexity index is 732. The summed E-state index contributed by atoms with van der Waals surface area (Å²) < 4.78 is 4.91. The summed E-state index contributed by atoms with van der Waals surface area (Å²) in [5, 5.41) is 16.1. The number of carbonyl (C=O) groups is 3. The van der Waals surface area contributed by atoms with Crippen molar-refractivity contribution in [3.05, 3.63) is 22.3 Å². The lowest BCUT2D eigenvalue weighted by atomic mass is 10.2. The first-order valence-corrected chi connectivity index (χ1v) is 8.86. The Morgan fingerprint density at radius 3 is 3.04 bits per heavy atom. The minimum atomic E-state index is -1.19. The zero-order chi connectivity index (χ0) is 17.3. The van der Waals surface area contributed by atoms with E-state index in [9.17, 15) is 19.5 Å². The lowest BCUT2D eigenvalue weighted by Gasteiger charge is -2.29. The molecule has 2 aliphatic heterocycles. The zero-order valence-electron chi connectivity index (χ0n) is 12.3. The number of anilines is 1. The minimum Gasteiger partial charge on any atom is -0.480 e. The number of nitrogen functional groups attached to an aromatic ring is 1. The summed E-state index contributed by atoms with van der Waals surface area (Å²) in [5.74, 6) is -1.70. The number of amides is 1.